The molecular weight excluding hydrogens is 296 g/mol. The molecule has 1 fully saturated rings. The summed E-state index contributed by atoms with van der Waals surface area (Å²) in [5.74, 6) is -0.828. The topological polar surface area (TPSA) is 75.7 Å². The number of nitrogens with zero attached hydrogens (tertiary/aromatic N) is 1. The molecule has 1 aromatic rings. The van der Waals surface area contributed by atoms with Crippen LogP contribution < -0.4 is 5.32 Å². The molecule has 2 amide bonds. The Morgan fingerprint density at radius 3 is 2.70 bits per heavy atom. The van der Waals surface area contributed by atoms with Gasteiger partial charge in [-0.2, -0.15) is 0 Å². The molecule has 6 nitrogen and oxygen atoms in total. The van der Waals surface area contributed by atoms with E-state index in [-0.39, 0.29) is 31.5 Å². The molecule has 0 bridgehead atoms. The van der Waals surface area contributed by atoms with E-state index in [0.29, 0.717) is 13.0 Å². The first-order chi connectivity index (χ1) is 11.1. The normalized spacial score (nSPS) is 15.0. The molecule has 0 radical (unpaired) electrons. The van der Waals surface area contributed by atoms with Crippen LogP contribution in [-0.4, -0.2) is 42.3 Å². The number of benzene rings is 1. The standard InChI is InChI=1S/C17H22N2O4/c20-15(12-19-10-6-2-5-9-16(19)21)18-11-17(22)23-13-14-7-3-1-4-8-14/h1,3-4,7-8H,2,5-6,9-13H2,(H,18,20). The average Bonchev–Trinajstić information content (AvgIpc) is 2.77. The van der Waals surface area contributed by atoms with Gasteiger partial charge in [0.25, 0.3) is 0 Å². The van der Waals surface area contributed by atoms with Crippen LogP contribution in [0.2, 0.25) is 0 Å². The van der Waals surface area contributed by atoms with E-state index in [0.717, 1.165) is 24.8 Å². The fourth-order valence-corrected chi connectivity index (χ4v) is 2.39. The fraction of sp³-hybridized carbons (Fsp3) is 0.471. The minimum absolute atomic E-state index is 0.00399. The van der Waals surface area contributed by atoms with Crippen molar-refractivity contribution in [3.05, 3.63) is 35.9 Å². The van der Waals surface area contributed by atoms with Gasteiger partial charge >= 0.3 is 5.97 Å². The molecule has 0 atom stereocenters. The quantitative estimate of drug-likeness (QED) is 0.801. The molecule has 0 aliphatic carbocycles. The molecule has 124 valence electrons. The second-order valence-electron chi connectivity index (χ2n) is 5.55. The third-order valence-corrected chi connectivity index (χ3v) is 3.68. The molecule has 0 spiro atoms. The van der Waals surface area contributed by atoms with Crippen LogP contribution in [0.1, 0.15) is 31.2 Å². The number of ether oxygens (including phenoxy) is 1. The Morgan fingerprint density at radius 2 is 1.91 bits per heavy atom. The molecule has 0 aromatic heterocycles. The fourth-order valence-electron chi connectivity index (χ4n) is 2.39. The van der Waals surface area contributed by atoms with Gasteiger partial charge in [-0.05, 0) is 18.4 Å². The molecule has 1 saturated heterocycles. The first-order valence-corrected chi connectivity index (χ1v) is 7.89. The van der Waals surface area contributed by atoms with Gasteiger partial charge in [0, 0.05) is 13.0 Å². The minimum atomic E-state index is -0.496. The molecule has 1 aliphatic rings. The summed E-state index contributed by atoms with van der Waals surface area (Å²) in [5.41, 5.74) is 0.891. The van der Waals surface area contributed by atoms with Crippen LogP contribution in [0.3, 0.4) is 0 Å². The number of carbonyl (C=O) groups excluding carboxylic acids is 3. The highest BCUT2D eigenvalue weighted by Gasteiger charge is 2.19. The average molecular weight is 318 g/mol. The number of nitrogens with one attached hydrogen (secondary N) is 1. The number of amides is 2. The number of esters is 1. The lowest BCUT2D eigenvalue weighted by Crippen LogP contribution is -2.42. The predicted molar refractivity (Wildman–Crippen MR) is 84.3 cm³/mol. The maximum atomic E-state index is 11.8. The molecule has 0 unspecified atom stereocenters. The Hall–Kier alpha value is -2.37. The van der Waals surface area contributed by atoms with Crippen molar-refractivity contribution in [1.29, 1.82) is 0 Å². The highest BCUT2D eigenvalue weighted by Crippen LogP contribution is 2.10. The smallest absolute Gasteiger partial charge is 0.325 e. The van der Waals surface area contributed by atoms with Gasteiger partial charge in [0.15, 0.2) is 0 Å². The van der Waals surface area contributed by atoms with Crippen LogP contribution in [-0.2, 0) is 25.7 Å². The van der Waals surface area contributed by atoms with Gasteiger partial charge < -0.3 is 15.0 Å². The molecule has 6 heteroatoms. The van der Waals surface area contributed by atoms with Crippen molar-refractivity contribution < 1.29 is 19.1 Å². The summed E-state index contributed by atoms with van der Waals surface area (Å²) in [5, 5.41) is 2.50. The second kappa shape index (κ2) is 8.92. The number of rotatable bonds is 6. The Morgan fingerprint density at radius 1 is 1.13 bits per heavy atom. The van der Waals surface area contributed by atoms with Gasteiger partial charge in [-0.3, -0.25) is 14.4 Å². The van der Waals surface area contributed by atoms with Crippen molar-refractivity contribution in [1.82, 2.24) is 10.2 Å². The number of likely N-dealkylation sites (tertiary alicyclic amines) is 1. The van der Waals surface area contributed by atoms with Crippen LogP contribution in [0.4, 0.5) is 0 Å². The van der Waals surface area contributed by atoms with Gasteiger partial charge in [-0.1, -0.05) is 36.8 Å². The summed E-state index contributed by atoms with van der Waals surface area (Å²) in [4.78, 5) is 36.8. The second-order valence-corrected chi connectivity index (χ2v) is 5.55. The van der Waals surface area contributed by atoms with E-state index in [1.54, 1.807) is 4.90 Å². The summed E-state index contributed by atoms with van der Waals surface area (Å²) in [6, 6.07) is 9.33. The first kappa shape index (κ1) is 17.0. The van der Waals surface area contributed by atoms with E-state index in [1.807, 2.05) is 30.3 Å². The molecule has 2 rings (SSSR count). The van der Waals surface area contributed by atoms with Crippen LogP contribution in [0, 0.1) is 0 Å². The van der Waals surface area contributed by atoms with Gasteiger partial charge in [-0.15, -0.1) is 0 Å². The molecule has 1 aromatic carbocycles. The van der Waals surface area contributed by atoms with Crippen molar-refractivity contribution in [3.8, 4) is 0 Å². The minimum Gasteiger partial charge on any atom is -0.460 e. The lowest BCUT2D eigenvalue weighted by atomic mass is 10.2. The molecule has 1 aliphatic heterocycles. The summed E-state index contributed by atoms with van der Waals surface area (Å²) in [7, 11) is 0. The zero-order valence-corrected chi connectivity index (χ0v) is 13.1. The molecule has 0 saturated carbocycles. The van der Waals surface area contributed by atoms with Crippen LogP contribution in [0.15, 0.2) is 30.3 Å². The van der Waals surface area contributed by atoms with Crippen LogP contribution >= 0.6 is 0 Å². The van der Waals surface area contributed by atoms with E-state index < -0.39 is 5.97 Å². The first-order valence-electron chi connectivity index (χ1n) is 7.89. The van der Waals surface area contributed by atoms with Crippen LogP contribution in [0.5, 0.6) is 0 Å². The van der Waals surface area contributed by atoms with E-state index in [9.17, 15) is 14.4 Å². The van der Waals surface area contributed by atoms with E-state index in [1.165, 1.54) is 0 Å². The summed E-state index contributed by atoms with van der Waals surface area (Å²) in [6.07, 6.45) is 3.29. The van der Waals surface area contributed by atoms with Crippen molar-refractivity contribution in [2.75, 3.05) is 19.6 Å². The number of hydrogen-bond donors (Lipinski definition) is 1. The van der Waals surface area contributed by atoms with Crippen molar-refractivity contribution in [2.24, 2.45) is 0 Å². The summed E-state index contributed by atoms with van der Waals surface area (Å²) in [6.45, 7) is 0.601. The third kappa shape index (κ3) is 6.10. The maximum Gasteiger partial charge on any atom is 0.325 e. The van der Waals surface area contributed by atoms with Gasteiger partial charge in [0.05, 0.1) is 6.54 Å². The maximum absolute atomic E-state index is 11.8. The largest absolute Gasteiger partial charge is 0.460 e. The zero-order chi connectivity index (χ0) is 16.5. The lowest BCUT2D eigenvalue weighted by molar-refractivity contribution is -0.145. The predicted octanol–water partition coefficient (Wildman–Crippen LogP) is 1.25. The Bertz CT molecular complexity index is 545. The molecule has 1 N–H and O–H groups in total. The molecular formula is C17H22N2O4. The summed E-state index contributed by atoms with van der Waals surface area (Å²) < 4.78 is 5.08. The zero-order valence-electron chi connectivity index (χ0n) is 13.1. The highest BCUT2D eigenvalue weighted by atomic mass is 16.5. The van der Waals surface area contributed by atoms with Gasteiger partial charge in [0.1, 0.15) is 13.2 Å². The lowest BCUT2D eigenvalue weighted by Gasteiger charge is -2.19. The van der Waals surface area contributed by atoms with E-state index in [4.69, 9.17) is 4.74 Å². The van der Waals surface area contributed by atoms with Gasteiger partial charge in [-0.25, -0.2) is 0 Å². The molecule has 23 heavy (non-hydrogen) atoms. The highest BCUT2D eigenvalue weighted by molar-refractivity contribution is 5.87. The van der Waals surface area contributed by atoms with Crippen molar-refractivity contribution in [2.45, 2.75) is 32.3 Å². The van der Waals surface area contributed by atoms with Crippen LogP contribution in [0.25, 0.3) is 0 Å². The number of hydrogen-bond acceptors (Lipinski definition) is 4. The van der Waals surface area contributed by atoms with Crippen molar-refractivity contribution in [3.63, 3.8) is 0 Å². The van der Waals surface area contributed by atoms with E-state index >= 15 is 0 Å². The summed E-state index contributed by atoms with van der Waals surface area (Å²) >= 11 is 0. The SMILES string of the molecule is O=C(CN1CCCCCC1=O)NCC(=O)OCc1ccccc1. The Balaban J connectivity index is 1.67. The Kier molecular flexibility index (Phi) is 6.59. The van der Waals surface area contributed by atoms with Crippen molar-refractivity contribution >= 4 is 17.8 Å². The molecule has 1 heterocycles. The van der Waals surface area contributed by atoms with Gasteiger partial charge in [0.2, 0.25) is 11.8 Å². The monoisotopic (exact) mass is 318 g/mol. The Labute approximate surface area is 135 Å². The van der Waals surface area contributed by atoms with E-state index in [2.05, 4.69) is 5.32 Å². The third-order valence-electron chi connectivity index (χ3n) is 3.68. The number of carbonyl (C=O) groups is 3.